The van der Waals surface area contributed by atoms with Crippen LogP contribution in [0.3, 0.4) is 0 Å². The molecular weight excluding hydrogens is 212 g/mol. The van der Waals surface area contributed by atoms with Crippen LogP contribution in [0.15, 0.2) is 0 Å². The third-order valence-corrected chi connectivity index (χ3v) is 2.29. The van der Waals surface area contributed by atoms with Gasteiger partial charge < -0.3 is 14.9 Å². The van der Waals surface area contributed by atoms with E-state index in [2.05, 4.69) is 0 Å². The number of carbonyl (C=O) groups is 3. The van der Waals surface area contributed by atoms with Crippen LogP contribution in [0.1, 0.15) is 19.8 Å². The first kappa shape index (κ1) is 14.4. The van der Waals surface area contributed by atoms with Crippen molar-refractivity contribution in [1.82, 2.24) is 9.80 Å². The molecule has 0 aromatic carbocycles. The number of rotatable bonds is 6. The van der Waals surface area contributed by atoms with E-state index in [4.69, 9.17) is 5.11 Å². The molecule has 0 aliphatic carbocycles. The Balaban J connectivity index is 3.87. The van der Waals surface area contributed by atoms with Crippen LogP contribution in [0.2, 0.25) is 0 Å². The van der Waals surface area contributed by atoms with Crippen LogP contribution >= 0.6 is 0 Å². The average molecular weight is 230 g/mol. The molecule has 0 fully saturated rings. The van der Waals surface area contributed by atoms with Crippen LogP contribution in [-0.2, 0) is 14.4 Å². The van der Waals surface area contributed by atoms with Gasteiger partial charge in [0.2, 0.25) is 11.8 Å². The van der Waals surface area contributed by atoms with Gasteiger partial charge in [-0.3, -0.25) is 14.4 Å². The Bertz CT molecular complexity index is 278. The summed E-state index contributed by atoms with van der Waals surface area (Å²) < 4.78 is 0. The van der Waals surface area contributed by atoms with Gasteiger partial charge in [0, 0.05) is 40.5 Å². The van der Waals surface area contributed by atoms with Crippen LogP contribution in [0.5, 0.6) is 0 Å². The minimum atomic E-state index is -0.930. The second kappa shape index (κ2) is 6.81. The van der Waals surface area contributed by atoms with Gasteiger partial charge in [0.05, 0.1) is 6.42 Å². The molecule has 0 heterocycles. The number of hydrogen-bond donors (Lipinski definition) is 1. The molecule has 0 unspecified atom stereocenters. The summed E-state index contributed by atoms with van der Waals surface area (Å²) in [7, 11) is 3.17. The number of carboxylic acids is 1. The van der Waals surface area contributed by atoms with Gasteiger partial charge in [-0.2, -0.15) is 0 Å². The van der Waals surface area contributed by atoms with E-state index in [1.165, 1.54) is 16.7 Å². The van der Waals surface area contributed by atoms with Crippen molar-refractivity contribution < 1.29 is 19.5 Å². The summed E-state index contributed by atoms with van der Waals surface area (Å²) in [5.74, 6) is -1.18. The Kier molecular flexibility index (Phi) is 6.14. The summed E-state index contributed by atoms with van der Waals surface area (Å²) in [6.45, 7) is 1.97. The van der Waals surface area contributed by atoms with E-state index in [0.717, 1.165) is 0 Å². The van der Waals surface area contributed by atoms with E-state index in [-0.39, 0.29) is 31.2 Å². The summed E-state index contributed by atoms with van der Waals surface area (Å²) in [6, 6.07) is 0. The van der Waals surface area contributed by atoms with E-state index in [1.807, 2.05) is 0 Å². The molecule has 0 aromatic heterocycles. The SMILES string of the molecule is CC(=O)N(C)CCC(=O)N(C)CCC(=O)O. The van der Waals surface area contributed by atoms with Crippen molar-refractivity contribution in [2.24, 2.45) is 0 Å². The molecule has 0 spiro atoms. The molecule has 0 bridgehead atoms. The first-order chi connectivity index (χ1) is 7.34. The molecular formula is C10H18N2O4. The fourth-order valence-corrected chi connectivity index (χ4v) is 1.000. The van der Waals surface area contributed by atoms with Crippen molar-refractivity contribution >= 4 is 17.8 Å². The molecule has 0 rings (SSSR count). The van der Waals surface area contributed by atoms with Crippen molar-refractivity contribution in [3.8, 4) is 0 Å². The van der Waals surface area contributed by atoms with Crippen molar-refractivity contribution in [1.29, 1.82) is 0 Å². The van der Waals surface area contributed by atoms with Crippen LogP contribution < -0.4 is 0 Å². The number of hydrogen-bond acceptors (Lipinski definition) is 3. The van der Waals surface area contributed by atoms with E-state index >= 15 is 0 Å². The van der Waals surface area contributed by atoms with Crippen molar-refractivity contribution in [3.05, 3.63) is 0 Å². The van der Waals surface area contributed by atoms with E-state index in [1.54, 1.807) is 14.1 Å². The average Bonchev–Trinajstić information content (AvgIpc) is 2.21. The van der Waals surface area contributed by atoms with Gasteiger partial charge in [0.25, 0.3) is 0 Å². The fraction of sp³-hybridized carbons (Fsp3) is 0.700. The Labute approximate surface area is 94.8 Å². The third kappa shape index (κ3) is 6.00. The topological polar surface area (TPSA) is 77.9 Å². The lowest BCUT2D eigenvalue weighted by Gasteiger charge is -2.19. The molecule has 0 saturated heterocycles. The van der Waals surface area contributed by atoms with Gasteiger partial charge in [-0.15, -0.1) is 0 Å². The Morgan fingerprint density at radius 3 is 1.94 bits per heavy atom. The highest BCUT2D eigenvalue weighted by molar-refractivity contribution is 5.78. The summed E-state index contributed by atoms with van der Waals surface area (Å²) in [5, 5.41) is 8.44. The number of nitrogens with zero attached hydrogens (tertiary/aromatic N) is 2. The number of carboxylic acid groups (broad SMARTS) is 1. The molecule has 92 valence electrons. The standard InChI is InChI=1S/C10H18N2O4/c1-8(13)11(2)6-4-9(14)12(3)7-5-10(15)16/h4-7H2,1-3H3,(H,15,16). The predicted molar refractivity (Wildman–Crippen MR) is 57.8 cm³/mol. The molecule has 0 aliphatic rings. The van der Waals surface area contributed by atoms with E-state index in [9.17, 15) is 14.4 Å². The van der Waals surface area contributed by atoms with Crippen LogP contribution in [-0.4, -0.2) is 59.9 Å². The van der Waals surface area contributed by atoms with Gasteiger partial charge in [-0.05, 0) is 0 Å². The maximum Gasteiger partial charge on any atom is 0.305 e. The highest BCUT2D eigenvalue weighted by atomic mass is 16.4. The maximum atomic E-state index is 11.5. The van der Waals surface area contributed by atoms with Gasteiger partial charge in [0.1, 0.15) is 0 Å². The zero-order valence-electron chi connectivity index (χ0n) is 9.89. The monoisotopic (exact) mass is 230 g/mol. The zero-order valence-corrected chi connectivity index (χ0v) is 9.89. The molecule has 1 N–H and O–H groups in total. The van der Waals surface area contributed by atoms with Crippen molar-refractivity contribution in [2.45, 2.75) is 19.8 Å². The first-order valence-corrected chi connectivity index (χ1v) is 5.02. The van der Waals surface area contributed by atoms with Gasteiger partial charge in [-0.25, -0.2) is 0 Å². The molecule has 2 amide bonds. The highest BCUT2D eigenvalue weighted by Crippen LogP contribution is 1.96. The lowest BCUT2D eigenvalue weighted by atomic mass is 10.3. The molecule has 6 heteroatoms. The highest BCUT2D eigenvalue weighted by Gasteiger charge is 2.11. The Morgan fingerprint density at radius 2 is 1.50 bits per heavy atom. The van der Waals surface area contributed by atoms with Crippen LogP contribution in [0.4, 0.5) is 0 Å². The quantitative estimate of drug-likeness (QED) is 0.684. The molecule has 0 saturated carbocycles. The minimum Gasteiger partial charge on any atom is -0.481 e. The second-order valence-corrected chi connectivity index (χ2v) is 3.65. The fourth-order valence-electron chi connectivity index (χ4n) is 1.000. The molecule has 0 radical (unpaired) electrons. The molecule has 6 nitrogen and oxygen atoms in total. The van der Waals surface area contributed by atoms with E-state index < -0.39 is 5.97 Å². The number of amides is 2. The summed E-state index contributed by atoms with van der Waals surface area (Å²) in [4.78, 5) is 35.4. The molecule has 0 aliphatic heterocycles. The predicted octanol–water partition coefficient (Wildman–Crippen LogP) is -0.212. The van der Waals surface area contributed by atoms with Gasteiger partial charge in [-0.1, -0.05) is 0 Å². The van der Waals surface area contributed by atoms with Crippen molar-refractivity contribution in [2.75, 3.05) is 27.2 Å². The molecule has 0 aromatic rings. The zero-order chi connectivity index (χ0) is 12.7. The summed E-state index contributed by atoms with van der Waals surface area (Å²) in [5.41, 5.74) is 0. The Hall–Kier alpha value is -1.59. The second-order valence-electron chi connectivity index (χ2n) is 3.65. The lowest BCUT2D eigenvalue weighted by Crippen LogP contribution is -2.33. The van der Waals surface area contributed by atoms with Gasteiger partial charge in [0.15, 0.2) is 0 Å². The Morgan fingerprint density at radius 1 is 1.00 bits per heavy atom. The van der Waals surface area contributed by atoms with Gasteiger partial charge >= 0.3 is 5.97 Å². The summed E-state index contributed by atoms with van der Waals surface area (Å²) in [6.07, 6.45) is 0.150. The van der Waals surface area contributed by atoms with Crippen LogP contribution in [0, 0.1) is 0 Å². The van der Waals surface area contributed by atoms with Crippen molar-refractivity contribution in [3.63, 3.8) is 0 Å². The first-order valence-electron chi connectivity index (χ1n) is 5.02. The number of carbonyl (C=O) groups excluding carboxylic acids is 2. The summed E-state index contributed by atoms with van der Waals surface area (Å²) >= 11 is 0. The lowest BCUT2D eigenvalue weighted by molar-refractivity contribution is -0.138. The molecule has 16 heavy (non-hydrogen) atoms. The number of aliphatic carboxylic acids is 1. The smallest absolute Gasteiger partial charge is 0.305 e. The third-order valence-electron chi connectivity index (χ3n) is 2.29. The largest absolute Gasteiger partial charge is 0.481 e. The molecule has 0 atom stereocenters. The normalized spacial score (nSPS) is 9.69. The van der Waals surface area contributed by atoms with Crippen LogP contribution in [0.25, 0.3) is 0 Å². The van der Waals surface area contributed by atoms with E-state index in [0.29, 0.717) is 6.54 Å². The minimum absolute atomic E-state index is 0.0647. The maximum absolute atomic E-state index is 11.5.